The van der Waals surface area contributed by atoms with E-state index in [4.69, 9.17) is 0 Å². The molecule has 0 fully saturated rings. The second-order valence-corrected chi connectivity index (χ2v) is 7.10. The number of pyridine rings is 1. The molecule has 1 atom stereocenters. The summed E-state index contributed by atoms with van der Waals surface area (Å²) in [5, 5.41) is 4.17. The Morgan fingerprint density at radius 1 is 0.893 bits per heavy atom. The summed E-state index contributed by atoms with van der Waals surface area (Å²) in [7, 11) is 0. The summed E-state index contributed by atoms with van der Waals surface area (Å²) < 4.78 is 0. The summed E-state index contributed by atoms with van der Waals surface area (Å²) in [5.41, 5.74) is 5.89. The monoisotopic (exact) mass is 366 g/mol. The van der Waals surface area contributed by atoms with Crippen molar-refractivity contribution in [2.24, 2.45) is 0 Å². The molecule has 4 rings (SSSR count). The van der Waals surface area contributed by atoms with Crippen molar-refractivity contribution in [2.75, 3.05) is 0 Å². The molecule has 0 bridgehead atoms. The van der Waals surface area contributed by atoms with Crippen molar-refractivity contribution in [1.29, 1.82) is 0 Å². The van der Waals surface area contributed by atoms with Crippen LogP contribution >= 0.6 is 0 Å². The van der Waals surface area contributed by atoms with Gasteiger partial charge in [-0.1, -0.05) is 60.2 Å². The number of carbonyl (C=O) groups is 1. The Bertz CT molecular complexity index is 1130. The van der Waals surface area contributed by atoms with Crippen molar-refractivity contribution in [3.05, 3.63) is 102 Å². The average Bonchev–Trinajstić information content (AvgIpc) is 2.74. The number of para-hydroxylation sites is 1. The Hall–Kier alpha value is -3.46. The summed E-state index contributed by atoms with van der Waals surface area (Å²) in [6, 6.07) is 26.0. The first-order chi connectivity index (χ1) is 13.6. The van der Waals surface area contributed by atoms with Crippen LogP contribution in [0.4, 0.5) is 0 Å². The topological polar surface area (TPSA) is 42.0 Å². The molecule has 1 N–H and O–H groups in total. The number of aromatic nitrogens is 1. The highest BCUT2D eigenvalue weighted by Crippen LogP contribution is 2.24. The van der Waals surface area contributed by atoms with Crippen molar-refractivity contribution in [3.63, 3.8) is 0 Å². The number of carbonyl (C=O) groups excluding carboxylic acids is 1. The Morgan fingerprint density at radius 2 is 1.68 bits per heavy atom. The molecule has 3 nitrogen and oxygen atoms in total. The Labute approximate surface area is 165 Å². The third-order valence-electron chi connectivity index (χ3n) is 4.97. The minimum atomic E-state index is -0.0799. The number of nitrogens with zero attached hydrogens (tertiary/aromatic N) is 1. The fourth-order valence-electron chi connectivity index (χ4n) is 3.29. The van der Waals surface area contributed by atoms with Crippen LogP contribution in [0.1, 0.15) is 34.5 Å². The van der Waals surface area contributed by atoms with Crippen LogP contribution in [0.15, 0.2) is 85.1 Å². The predicted molar refractivity (Wildman–Crippen MR) is 114 cm³/mol. The number of hydrogen-bond acceptors (Lipinski definition) is 2. The number of amides is 1. The van der Waals surface area contributed by atoms with E-state index in [1.165, 1.54) is 5.56 Å². The van der Waals surface area contributed by atoms with Crippen LogP contribution in [0.25, 0.3) is 22.0 Å². The standard InChI is InChI=1S/C25H22N2O/c1-17-10-12-19(13-11-17)18(2)27-25(28)22-8-5-7-20(14-22)23-15-21-6-3-4-9-24(21)26-16-23/h3-16,18H,1-2H3,(H,27,28). The SMILES string of the molecule is Cc1ccc(C(C)NC(=O)c2cccc(-c3cnc4ccccc4c3)c2)cc1. The van der Waals surface area contributed by atoms with Crippen molar-refractivity contribution in [1.82, 2.24) is 10.3 Å². The normalized spacial score (nSPS) is 11.9. The maximum absolute atomic E-state index is 12.8. The maximum Gasteiger partial charge on any atom is 0.251 e. The minimum absolute atomic E-state index is 0.0564. The number of nitrogens with one attached hydrogen (secondary N) is 1. The molecule has 1 amide bonds. The number of rotatable bonds is 4. The highest BCUT2D eigenvalue weighted by molar-refractivity contribution is 5.96. The average molecular weight is 366 g/mol. The van der Waals surface area contributed by atoms with Crippen molar-refractivity contribution < 1.29 is 4.79 Å². The van der Waals surface area contributed by atoms with Gasteiger partial charge in [0.2, 0.25) is 0 Å². The van der Waals surface area contributed by atoms with E-state index >= 15 is 0 Å². The lowest BCUT2D eigenvalue weighted by atomic mass is 10.0. The highest BCUT2D eigenvalue weighted by atomic mass is 16.1. The van der Waals surface area contributed by atoms with E-state index in [1.54, 1.807) is 0 Å². The van der Waals surface area contributed by atoms with Gasteiger partial charge in [-0.25, -0.2) is 0 Å². The smallest absolute Gasteiger partial charge is 0.251 e. The van der Waals surface area contributed by atoms with Crippen LogP contribution in [-0.4, -0.2) is 10.9 Å². The van der Waals surface area contributed by atoms with Crippen LogP contribution < -0.4 is 5.32 Å². The molecule has 0 aliphatic carbocycles. The molecule has 1 heterocycles. The fraction of sp³-hybridized carbons (Fsp3) is 0.120. The van der Waals surface area contributed by atoms with Gasteiger partial charge < -0.3 is 5.32 Å². The lowest BCUT2D eigenvalue weighted by molar-refractivity contribution is 0.0940. The first-order valence-electron chi connectivity index (χ1n) is 9.43. The molecule has 3 heteroatoms. The molecule has 0 spiro atoms. The molecule has 0 aliphatic heterocycles. The van der Waals surface area contributed by atoms with E-state index in [-0.39, 0.29) is 11.9 Å². The molecule has 0 saturated carbocycles. The summed E-state index contributed by atoms with van der Waals surface area (Å²) in [5.74, 6) is -0.0799. The Kier molecular flexibility index (Phi) is 4.90. The number of fused-ring (bicyclic) bond motifs is 1. The van der Waals surface area contributed by atoms with Gasteiger partial charge in [0, 0.05) is 22.7 Å². The van der Waals surface area contributed by atoms with Crippen LogP contribution in [0.2, 0.25) is 0 Å². The summed E-state index contributed by atoms with van der Waals surface area (Å²) in [6.07, 6.45) is 1.86. The van der Waals surface area contributed by atoms with Crippen molar-refractivity contribution in [2.45, 2.75) is 19.9 Å². The molecule has 28 heavy (non-hydrogen) atoms. The maximum atomic E-state index is 12.8. The lowest BCUT2D eigenvalue weighted by Gasteiger charge is -2.15. The number of hydrogen-bond donors (Lipinski definition) is 1. The molecule has 1 unspecified atom stereocenters. The van der Waals surface area contributed by atoms with Gasteiger partial charge >= 0.3 is 0 Å². The number of aryl methyl sites for hydroxylation is 1. The highest BCUT2D eigenvalue weighted by Gasteiger charge is 2.12. The van der Waals surface area contributed by atoms with Crippen molar-refractivity contribution >= 4 is 16.8 Å². The van der Waals surface area contributed by atoms with E-state index in [1.807, 2.05) is 61.7 Å². The van der Waals surface area contributed by atoms with E-state index in [2.05, 4.69) is 47.6 Å². The van der Waals surface area contributed by atoms with Crippen LogP contribution in [0.5, 0.6) is 0 Å². The summed E-state index contributed by atoms with van der Waals surface area (Å²) in [4.78, 5) is 17.3. The molecule has 0 radical (unpaired) electrons. The molecule has 138 valence electrons. The number of benzene rings is 3. The third-order valence-corrected chi connectivity index (χ3v) is 4.97. The second-order valence-electron chi connectivity index (χ2n) is 7.10. The van der Waals surface area contributed by atoms with Crippen LogP contribution in [-0.2, 0) is 0 Å². The van der Waals surface area contributed by atoms with Gasteiger partial charge in [0.1, 0.15) is 0 Å². The molecule has 4 aromatic rings. The van der Waals surface area contributed by atoms with Crippen LogP contribution in [0.3, 0.4) is 0 Å². The van der Waals surface area contributed by atoms with Crippen molar-refractivity contribution in [3.8, 4) is 11.1 Å². The first kappa shape index (κ1) is 17.9. The van der Waals surface area contributed by atoms with Gasteiger partial charge in [-0.05, 0) is 49.2 Å². The molecule has 3 aromatic carbocycles. The molecule has 0 aliphatic rings. The molecule has 0 saturated heterocycles. The first-order valence-corrected chi connectivity index (χ1v) is 9.43. The Balaban J connectivity index is 1.57. The minimum Gasteiger partial charge on any atom is -0.346 e. The van der Waals surface area contributed by atoms with Crippen LogP contribution in [0, 0.1) is 6.92 Å². The van der Waals surface area contributed by atoms with Gasteiger partial charge in [0.15, 0.2) is 0 Å². The molecular formula is C25H22N2O. The van der Waals surface area contributed by atoms with E-state index in [0.29, 0.717) is 5.56 Å². The quantitative estimate of drug-likeness (QED) is 0.503. The largest absolute Gasteiger partial charge is 0.346 e. The van der Waals surface area contributed by atoms with Gasteiger partial charge in [-0.3, -0.25) is 9.78 Å². The lowest BCUT2D eigenvalue weighted by Crippen LogP contribution is -2.26. The molecular weight excluding hydrogens is 344 g/mol. The van der Waals surface area contributed by atoms with Gasteiger partial charge in [0.05, 0.1) is 11.6 Å². The Morgan fingerprint density at radius 3 is 2.50 bits per heavy atom. The van der Waals surface area contributed by atoms with Gasteiger partial charge in [-0.2, -0.15) is 0 Å². The zero-order valence-corrected chi connectivity index (χ0v) is 16.0. The zero-order chi connectivity index (χ0) is 19.5. The summed E-state index contributed by atoms with van der Waals surface area (Å²) >= 11 is 0. The third kappa shape index (κ3) is 3.79. The fourth-order valence-corrected chi connectivity index (χ4v) is 3.29. The second kappa shape index (κ2) is 7.65. The van der Waals surface area contributed by atoms with E-state index < -0.39 is 0 Å². The van der Waals surface area contributed by atoms with E-state index in [9.17, 15) is 4.79 Å². The van der Waals surface area contributed by atoms with E-state index in [0.717, 1.165) is 27.6 Å². The predicted octanol–water partition coefficient (Wildman–Crippen LogP) is 5.70. The summed E-state index contributed by atoms with van der Waals surface area (Å²) in [6.45, 7) is 4.06. The van der Waals surface area contributed by atoms with Gasteiger partial charge in [-0.15, -0.1) is 0 Å². The van der Waals surface area contributed by atoms with Gasteiger partial charge in [0.25, 0.3) is 5.91 Å². The zero-order valence-electron chi connectivity index (χ0n) is 16.0. The molecule has 1 aromatic heterocycles.